The first kappa shape index (κ1) is 25.2. The molecule has 4 rings (SSSR count). The van der Waals surface area contributed by atoms with Crippen LogP contribution in [0.3, 0.4) is 0 Å². The van der Waals surface area contributed by atoms with Crippen molar-refractivity contribution in [3.05, 3.63) is 40.6 Å². The number of carbonyl (C=O) groups is 2. The van der Waals surface area contributed by atoms with E-state index in [9.17, 15) is 14.0 Å². The van der Waals surface area contributed by atoms with Gasteiger partial charge in [0.25, 0.3) is 5.91 Å². The zero-order valence-corrected chi connectivity index (χ0v) is 21.1. The number of halogens is 1. The molecule has 1 aromatic rings. The first-order valence-electron chi connectivity index (χ1n) is 12.9. The van der Waals surface area contributed by atoms with Crippen LogP contribution in [0.15, 0.2) is 29.2 Å². The minimum absolute atomic E-state index is 0.0761. The SMILES string of the molecule is CN(CCCNC(=O)CN1C(=O)/C(=C/c2ccccc2F)SC2CCCCC21)C1CCCCC1. The van der Waals surface area contributed by atoms with Crippen LogP contribution in [0.4, 0.5) is 4.39 Å². The highest BCUT2D eigenvalue weighted by molar-refractivity contribution is 8.04. The average Bonchev–Trinajstić information content (AvgIpc) is 2.86. The maximum atomic E-state index is 14.2. The number of nitrogens with one attached hydrogen (secondary N) is 1. The number of fused-ring (bicyclic) bond motifs is 1. The number of thioether (sulfide) groups is 1. The molecule has 0 spiro atoms. The van der Waals surface area contributed by atoms with E-state index in [-0.39, 0.29) is 35.5 Å². The van der Waals surface area contributed by atoms with Crippen molar-refractivity contribution in [1.82, 2.24) is 15.1 Å². The summed E-state index contributed by atoms with van der Waals surface area (Å²) in [6.07, 6.45) is 13.3. The molecular formula is C27H38FN3O2S. The Morgan fingerprint density at radius 3 is 2.68 bits per heavy atom. The summed E-state index contributed by atoms with van der Waals surface area (Å²) in [7, 11) is 2.19. The first-order chi connectivity index (χ1) is 16.5. The van der Waals surface area contributed by atoms with Gasteiger partial charge in [-0.15, -0.1) is 11.8 Å². The molecular weight excluding hydrogens is 449 g/mol. The van der Waals surface area contributed by atoms with Gasteiger partial charge in [-0.05, 0) is 57.8 Å². The number of amides is 2. The van der Waals surface area contributed by atoms with Crippen molar-refractivity contribution in [2.24, 2.45) is 0 Å². The van der Waals surface area contributed by atoms with Gasteiger partial charge in [0.05, 0.1) is 4.91 Å². The lowest BCUT2D eigenvalue weighted by Gasteiger charge is -2.43. The van der Waals surface area contributed by atoms with Gasteiger partial charge >= 0.3 is 0 Å². The van der Waals surface area contributed by atoms with Crippen LogP contribution in [0.5, 0.6) is 0 Å². The van der Waals surface area contributed by atoms with E-state index in [1.54, 1.807) is 40.9 Å². The lowest BCUT2D eigenvalue weighted by molar-refractivity contribution is -0.135. The van der Waals surface area contributed by atoms with Gasteiger partial charge < -0.3 is 15.1 Å². The molecule has 34 heavy (non-hydrogen) atoms. The van der Waals surface area contributed by atoms with Crippen LogP contribution in [-0.2, 0) is 9.59 Å². The number of carbonyl (C=O) groups excluding carboxylic acids is 2. The van der Waals surface area contributed by atoms with Gasteiger partial charge in [-0.3, -0.25) is 9.59 Å². The second-order valence-corrected chi connectivity index (χ2v) is 11.2. The molecule has 3 fully saturated rings. The molecule has 186 valence electrons. The van der Waals surface area contributed by atoms with Gasteiger partial charge in [0.15, 0.2) is 0 Å². The van der Waals surface area contributed by atoms with Crippen molar-refractivity contribution < 1.29 is 14.0 Å². The smallest absolute Gasteiger partial charge is 0.261 e. The van der Waals surface area contributed by atoms with E-state index >= 15 is 0 Å². The van der Waals surface area contributed by atoms with Crippen LogP contribution < -0.4 is 5.32 Å². The molecule has 7 heteroatoms. The maximum absolute atomic E-state index is 14.2. The van der Waals surface area contributed by atoms with Crippen molar-refractivity contribution in [2.75, 3.05) is 26.7 Å². The second-order valence-electron chi connectivity index (χ2n) is 9.95. The topological polar surface area (TPSA) is 52.7 Å². The Hall–Kier alpha value is -1.86. The fourth-order valence-electron chi connectivity index (χ4n) is 5.57. The molecule has 3 aliphatic rings. The quantitative estimate of drug-likeness (QED) is 0.422. The molecule has 1 aliphatic heterocycles. The van der Waals surface area contributed by atoms with E-state index in [1.807, 2.05) is 0 Å². The Balaban J connectivity index is 1.33. The number of rotatable bonds is 8. The van der Waals surface area contributed by atoms with Gasteiger partial charge in [0.2, 0.25) is 5.91 Å². The van der Waals surface area contributed by atoms with Crippen LogP contribution in [0, 0.1) is 5.82 Å². The fourth-order valence-corrected chi connectivity index (χ4v) is 7.03. The predicted molar refractivity (Wildman–Crippen MR) is 137 cm³/mol. The van der Waals surface area contributed by atoms with Gasteiger partial charge in [0.1, 0.15) is 12.4 Å². The Labute approximate surface area is 207 Å². The third kappa shape index (κ3) is 6.42. The van der Waals surface area contributed by atoms with Crippen LogP contribution in [-0.4, -0.2) is 65.6 Å². The second kappa shape index (κ2) is 12.2. The largest absolute Gasteiger partial charge is 0.355 e. The number of benzene rings is 1. The lowest BCUT2D eigenvalue weighted by atomic mass is 9.93. The molecule has 1 N–H and O–H groups in total. The Morgan fingerprint density at radius 1 is 1.15 bits per heavy atom. The van der Waals surface area contributed by atoms with Crippen molar-refractivity contribution >= 4 is 29.7 Å². The highest BCUT2D eigenvalue weighted by atomic mass is 32.2. The standard InChI is InChI=1S/C27H38FN3O2S/c1-30(21-11-3-2-4-12-21)17-9-16-29-26(32)19-31-23-14-7-8-15-24(23)34-25(27(31)33)18-20-10-5-6-13-22(20)28/h5-6,10,13,18,21,23-24H,2-4,7-9,11-12,14-17,19H2,1H3,(H,29,32)/b25-18-. The molecule has 0 radical (unpaired) electrons. The molecule has 1 aromatic carbocycles. The average molecular weight is 488 g/mol. The van der Waals surface area contributed by atoms with E-state index in [0.717, 1.165) is 38.6 Å². The van der Waals surface area contributed by atoms with Crippen LogP contribution in [0.1, 0.15) is 69.8 Å². The van der Waals surface area contributed by atoms with Crippen LogP contribution in [0.25, 0.3) is 6.08 Å². The molecule has 2 aliphatic carbocycles. The van der Waals surface area contributed by atoms with Crippen molar-refractivity contribution in [2.45, 2.75) is 81.5 Å². The maximum Gasteiger partial charge on any atom is 0.261 e. The molecule has 1 saturated heterocycles. The predicted octanol–water partition coefficient (Wildman–Crippen LogP) is 4.82. The fraction of sp³-hybridized carbons (Fsp3) is 0.630. The first-order valence-corrected chi connectivity index (χ1v) is 13.8. The van der Waals surface area contributed by atoms with E-state index in [4.69, 9.17) is 0 Å². The van der Waals surface area contributed by atoms with Gasteiger partial charge in [-0.25, -0.2) is 4.39 Å². The van der Waals surface area contributed by atoms with Crippen molar-refractivity contribution in [3.8, 4) is 0 Å². The summed E-state index contributed by atoms with van der Waals surface area (Å²) >= 11 is 1.56. The van der Waals surface area contributed by atoms with Crippen molar-refractivity contribution in [1.29, 1.82) is 0 Å². The van der Waals surface area contributed by atoms with Gasteiger partial charge in [-0.2, -0.15) is 0 Å². The lowest BCUT2D eigenvalue weighted by Crippen LogP contribution is -2.54. The summed E-state index contributed by atoms with van der Waals surface area (Å²) in [6, 6.07) is 7.26. The Bertz CT molecular complexity index is 886. The Kier molecular flexibility index (Phi) is 9.06. The van der Waals surface area contributed by atoms with Crippen LogP contribution in [0.2, 0.25) is 0 Å². The van der Waals surface area contributed by atoms with Gasteiger partial charge in [0, 0.05) is 29.4 Å². The zero-order valence-electron chi connectivity index (χ0n) is 20.3. The highest BCUT2D eigenvalue weighted by Gasteiger charge is 2.41. The van der Waals surface area contributed by atoms with E-state index in [2.05, 4.69) is 17.3 Å². The summed E-state index contributed by atoms with van der Waals surface area (Å²) in [5.74, 6) is -0.588. The molecule has 2 amide bonds. The molecule has 1 heterocycles. The monoisotopic (exact) mass is 487 g/mol. The number of hydrogen-bond donors (Lipinski definition) is 1. The summed E-state index contributed by atoms with van der Waals surface area (Å²) in [5.41, 5.74) is 0.416. The summed E-state index contributed by atoms with van der Waals surface area (Å²) in [5, 5.41) is 3.30. The third-order valence-electron chi connectivity index (χ3n) is 7.53. The molecule has 0 bridgehead atoms. The third-order valence-corrected chi connectivity index (χ3v) is 8.93. The summed E-state index contributed by atoms with van der Waals surface area (Å²) in [4.78, 5) is 30.9. The van der Waals surface area contributed by atoms with E-state index < -0.39 is 0 Å². The molecule has 2 atom stereocenters. The summed E-state index contributed by atoms with van der Waals surface area (Å²) < 4.78 is 14.2. The molecule has 5 nitrogen and oxygen atoms in total. The van der Waals surface area contributed by atoms with Crippen molar-refractivity contribution in [3.63, 3.8) is 0 Å². The number of hydrogen-bond acceptors (Lipinski definition) is 4. The van der Waals surface area contributed by atoms with E-state index in [1.165, 1.54) is 38.2 Å². The zero-order chi connectivity index (χ0) is 23.9. The number of nitrogens with zero attached hydrogens (tertiary/aromatic N) is 2. The molecule has 2 unspecified atom stereocenters. The van der Waals surface area contributed by atoms with Crippen LogP contribution >= 0.6 is 11.8 Å². The molecule has 2 saturated carbocycles. The van der Waals surface area contributed by atoms with E-state index in [0.29, 0.717) is 23.1 Å². The molecule has 0 aromatic heterocycles. The highest BCUT2D eigenvalue weighted by Crippen LogP contribution is 2.42. The minimum Gasteiger partial charge on any atom is -0.355 e. The van der Waals surface area contributed by atoms with Gasteiger partial charge in [-0.1, -0.05) is 50.3 Å². The minimum atomic E-state index is -0.336. The Morgan fingerprint density at radius 2 is 1.88 bits per heavy atom. The normalized spacial score (nSPS) is 25.0. The summed E-state index contributed by atoms with van der Waals surface area (Å²) in [6.45, 7) is 1.68.